The van der Waals surface area contributed by atoms with Crippen LogP contribution in [0.2, 0.25) is 0 Å². The number of amides is 1. The monoisotopic (exact) mass is 291 g/mol. The number of para-hydroxylation sites is 1. The summed E-state index contributed by atoms with van der Waals surface area (Å²) in [5.41, 5.74) is 0.718. The first-order chi connectivity index (χ1) is 9.79. The summed E-state index contributed by atoms with van der Waals surface area (Å²) in [6.07, 6.45) is 0.667. The molecule has 4 nitrogen and oxygen atoms in total. The molecule has 0 aliphatic heterocycles. The highest BCUT2D eigenvalue weighted by molar-refractivity contribution is 6.07. The van der Waals surface area contributed by atoms with E-state index in [4.69, 9.17) is 0 Å². The minimum absolute atomic E-state index is 0.0339. The summed E-state index contributed by atoms with van der Waals surface area (Å²) in [6, 6.07) is 9.14. The number of benzene rings is 1. The summed E-state index contributed by atoms with van der Waals surface area (Å²) >= 11 is 0. The van der Waals surface area contributed by atoms with Gasteiger partial charge in [-0.2, -0.15) is 0 Å². The van der Waals surface area contributed by atoms with E-state index >= 15 is 0 Å². The molecule has 0 aliphatic rings. The fraction of sp³-hybridized carbons (Fsp3) is 0.471. The van der Waals surface area contributed by atoms with Crippen molar-refractivity contribution in [3.05, 3.63) is 30.3 Å². The van der Waals surface area contributed by atoms with Crippen molar-refractivity contribution < 1.29 is 14.4 Å². The molecule has 0 spiro atoms. The molecule has 1 atom stereocenters. The standard InChI is InChI=1S/C13H17NO2.C4H8O/c1-9(2)12(15)10(3)13(16)14-11-7-5-4-6-8-11;1-3-4(2)5/h4-10H,1-3H3,(H,14,16);3H2,1-2H3. The van der Waals surface area contributed by atoms with Gasteiger partial charge in [0.25, 0.3) is 0 Å². The van der Waals surface area contributed by atoms with Crippen LogP contribution in [0.5, 0.6) is 0 Å². The molecule has 0 saturated heterocycles. The normalized spacial score (nSPS) is 11.1. The van der Waals surface area contributed by atoms with Crippen LogP contribution in [-0.4, -0.2) is 17.5 Å². The summed E-state index contributed by atoms with van der Waals surface area (Å²) in [5, 5.41) is 2.72. The molecule has 1 N–H and O–H groups in total. The van der Waals surface area contributed by atoms with Crippen LogP contribution < -0.4 is 5.32 Å². The van der Waals surface area contributed by atoms with Crippen molar-refractivity contribution in [2.24, 2.45) is 11.8 Å². The van der Waals surface area contributed by atoms with Gasteiger partial charge in [0, 0.05) is 18.0 Å². The number of anilines is 1. The summed E-state index contributed by atoms with van der Waals surface area (Å²) in [6.45, 7) is 8.67. The average Bonchev–Trinajstić information content (AvgIpc) is 2.47. The zero-order valence-electron chi connectivity index (χ0n) is 13.5. The molecular weight excluding hydrogens is 266 g/mol. The Morgan fingerprint density at radius 1 is 1.05 bits per heavy atom. The highest BCUT2D eigenvalue weighted by atomic mass is 16.2. The number of rotatable bonds is 5. The van der Waals surface area contributed by atoms with Gasteiger partial charge in [-0.3, -0.25) is 9.59 Å². The second-order valence-corrected chi connectivity index (χ2v) is 5.19. The molecule has 1 amide bonds. The number of carbonyl (C=O) groups is 3. The Hall–Kier alpha value is -1.97. The molecule has 21 heavy (non-hydrogen) atoms. The molecule has 1 unspecified atom stereocenters. The predicted octanol–water partition coefficient (Wildman–Crippen LogP) is 3.47. The molecule has 0 bridgehead atoms. The molecule has 1 aromatic rings. The average molecular weight is 291 g/mol. The van der Waals surface area contributed by atoms with Crippen LogP contribution in [0.15, 0.2) is 30.3 Å². The minimum Gasteiger partial charge on any atom is -0.325 e. The van der Waals surface area contributed by atoms with E-state index in [0.29, 0.717) is 6.42 Å². The first-order valence-corrected chi connectivity index (χ1v) is 7.18. The van der Waals surface area contributed by atoms with Crippen LogP contribution in [0, 0.1) is 11.8 Å². The van der Waals surface area contributed by atoms with E-state index in [-0.39, 0.29) is 23.4 Å². The minimum atomic E-state index is -0.597. The molecular formula is C17H25NO3. The topological polar surface area (TPSA) is 63.2 Å². The maximum Gasteiger partial charge on any atom is 0.234 e. The quantitative estimate of drug-likeness (QED) is 0.845. The fourth-order valence-corrected chi connectivity index (χ4v) is 1.40. The van der Waals surface area contributed by atoms with Crippen LogP contribution in [0.25, 0.3) is 0 Å². The van der Waals surface area contributed by atoms with Crippen molar-refractivity contribution in [3.63, 3.8) is 0 Å². The molecule has 0 aromatic heterocycles. The summed E-state index contributed by atoms with van der Waals surface area (Å²) < 4.78 is 0. The molecule has 1 rings (SSSR count). The van der Waals surface area contributed by atoms with Crippen LogP contribution in [0.3, 0.4) is 0 Å². The highest BCUT2D eigenvalue weighted by Gasteiger charge is 2.23. The lowest BCUT2D eigenvalue weighted by molar-refractivity contribution is -0.132. The van der Waals surface area contributed by atoms with Gasteiger partial charge in [-0.05, 0) is 26.0 Å². The Bertz CT molecular complexity index is 466. The Kier molecular flexibility index (Phi) is 8.93. The fourth-order valence-electron chi connectivity index (χ4n) is 1.40. The maximum atomic E-state index is 11.7. The number of ketones is 2. The van der Waals surface area contributed by atoms with Crippen molar-refractivity contribution in [3.8, 4) is 0 Å². The van der Waals surface area contributed by atoms with Crippen molar-refractivity contribution in [1.29, 1.82) is 0 Å². The number of carbonyl (C=O) groups excluding carboxylic acids is 3. The third-order valence-electron chi connectivity index (χ3n) is 2.93. The molecule has 0 heterocycles. The second-order valence-electron chi connectivity index (χ2n) is 5.19. The van der Waals surface area contributed by atoms with Crippen LogP contribution in [0.4, 0.5) is 5.69 Å². The van der Waals surface area contributed by atoms with Crippen LogP contribution in [-0.2, 0) is 14.4 Å². The number of Topliss-reactive ketones (excluding diaryl/α,β-unsaturated/α-hetero) is 2. The van der Waals surface area contributed by atoms with Crippen molar-refractivity contribution in [1.82, 2.24) is 0 Å². The van der Waals surface area contributed by atoms with Gasteiger partial charge in [-0.1, -0.05) is 39.0 Å². The second kappa shape index (κ2) is 9.86. The van der Waals surface area contributed by atoms with E-state index in [1.807, 2.05) is 25.1 Å². The zero-order chi connectivity index (χ0) is 16.4. The summed E-state index contributed by atoms with van der Waals surface area (Å²) in [5.74, 6) is -0.736. The van der Waals surface area contributed by atoms with E-state index < -0.39 is 5.92 Å². The predicted molar refractivity (Wildman–Crippen MR) is 85.1 cm³/mol. The summed E-state index contributed by atoms with van der Waals surface area (Å²) in [4.78, 5) is 33.2. The Labute approximate surface area is 126 Å². The van der Waals surface area contributed by atoms with Gasteiger partial charge in [0.1, 0.15) is 11.6 Å². The van der Waals surface area contributed by atoms with Crippen molar-refractivity contribution in [2.75, 3.05) is 5.32 Å². The lowest BCUT2D eigenvalue weighted by Crippen LogP contribution is -2.29. The third-order valence-corrected chi connectivity index (χ3v) is 2.93. The van der Waals surface area contributed by atoms with E-state index in [1.54, 1.807) is 39.8 Å². The number of hydrogen-bond acceptors (Lipinski definition) is 3. The third kappa shape index (κ3) is 8.02. The van der Waals surface area contributed by atoms with Gasteiger partial charge in [-0.25, -0.2) is 0 Å². The van der Waals surface area contributed by atoms with E-state index in [9.17, 15) is 14.4 Å². The lowest BCUT2D eigenvalue weighted by atomic mass is 9.96. The van der Waals surface area contributed by atoms with Gasteiger partial charge in [-0.15, -0.1) is 0 Å². The lowest BCUT2D eigenvalue weighted by Gasteiger charge is -2.13. The molecule has 4 heteroatoms. The number of hydrogen-bond donors (Lipinski definition) is 1. The van der Waals surface area contributed by atoms with E-state index in [0.717, 1.165) is 5.69 Å². The van der Waals surface area contributed by atoms with Gasteiger partial charge in [0.05, 0.1) is 5.92 Å². The molecule has 116 valence electrons. The first kappa shape index (κ1) is 19.0. The van der Waals surface area contributed by atoms with Crippen LogP contribution in [0.1, 0.15) is 41.0 Å². The van der Waals surface area contributed by atoms with Gasteiger partial charge in [0.15, 0.2) is 0 Å². The zero-order valence-corrected chi connectivity index (χ0v) is 13.5. The molecule has 0 fully saturated rings. The Morgan fingerprint density at radius 3 is 1.90 bits per heavy atom. The summed E-state index contributed by atoms with van der Waals surface area (Å²) in [7, 11) is 0. The Balaban J connectivity index is 0.000000690. The SMILES string of the molecule is CC(C)C(=O)C(C)C(=O)Nc1ccccc1.CCC(C)=O. The van der Waals surface area contributed by atoms with Gasteiger partial charge >= 0.3 is 0 Å². The van der Waals surface area contributed by atoms with E-state index in [1.165, 1.54) is 0 Å². The van der Waals surface area contributed by atoms with Gasteiger partial charge < -0.3 is 10.1 Å². The largest absolute Gasteiger partial charge is 0.325 e. The van der Waals surface area contributed by atoms with Crippen LogP contribution >= 0.6 is 0 Å². The highest BCUT2D eigenvalue weighted by Crippen LogP contribution is 2.11. The van der Waals surface area contributed by atoms with Crippen molar-refractivity contribution >= 4 is 23.2 Å². The van der Waals surface area contributed by atoms with Gasteiger partial charge in [0.2, 0.25) is 5.91 Å². The van der Waals surface area contributed by atoms with Crippen molar-refractivity contribution in [2.45, 2.75) is 41.0 Å². The number of nitrogens with one attached hydrogen (secondary N) is 1. The molecule has 0 aliphatic carbocycles. The molecule has 0 saturated carbocycles. The Morgan fingerprint density at radius 2 is 1.52 bits per heavy atom. The smallest absolute Gasteiger partial charge is 0.234 e. The molecule has 0 radical (unpaired) electrons. The molecule has 1 aromatic carbocycles. The first-order valence-electron chi connectivity index (χ1n) is 7.18. The maximum absolute atomic E-state index is 11.7. The van der Waals surface area contributed by atoms with E-state index in [2.05, 4.69) is 5.32 Å².